The molecule has 1 aliphatic rings. The molecule has 0 saturated heterocycles. The smallest absolute Gasteiger partial charge is 0.339 e. The highest BCUT2D eigenvalue weighted by Gasteiger charge is 2.21. The average Bonchev–Trinajstić information content (AvgIpc) is 2.90. The summed E-state index contributed by atoms with van der Waals surface area (Å²) in [5, 5.41) is 11.8. The summed E-state index contributed by atoms with van der Waals surface area (Å²) in [6, 6.07) is 14.5. The number of phenols is 1. The van der Waals surface area contributed by atoms with E-state index in [0.717, 1.165) is 24.0 Å². The van der Waals surface area contributed by atoms with E-state index in [1.54, 1.807) is 17.2 Å². The lowest BCUT2D eigenvalue weighted by Crippen LogP contribution is -2.21. The number of carbonyl (C=O) groups excluding carboxylic acids is 1. The van der Waals surface area contributed by atoms with Crippen LogP contribution in [-0.4, -0.2) is 22.7 Å². The first-order valence-electron chi connectivity index (χ1n) is 12.7. The lowest BCUT2D eigenvalue weighted by Gasteiger charge is -2.23. The molecule has 36 heavy (non-hydrogen) atoms. The van der Waals surface area contributed by atoms with Gasteiger partial charge in [-0.2, -0.15) is 0 Å². The van der Waals surface area contributed by atoms with Crippen LogP contribution >= 0.6 is 0 Å². The Morgan fingerprint density at radius 1 is 1.08 bits per heavy atom. The maximum atomic E-state index is 13.3. The maximum absolute atomic E-state index is 13.3. The normalized spacial score (nSPS) is 18.9. The monoisotopic (exact) mass is 489 g/mol. The average molecular weight is 490 g/mol. The third-order valence-corrected chi connectivity index (χ3v) is 5.49. The van der Waals surface area contributed by atoms with Crippen LogP contribution in [0.5, 0.6) is 5.75 Å². The van der Waals surface area contributed by atoms with Gasteiger partial charge in [0.1, 0.15) is 11.9 Å². The van der Waals surface area contributed by atoms with Gasteiger partial charge in [0.25, 0.3) is 0 Å². The Hall–Kier alpha value is -3.57. The lowest BCUT2D eigenvalue weighted by atomic mass is 10.0. The summed E-state index contributed by atoms with van der Waals surface area (Å²) < 4.78 is 5.96. The molecule has 0 radical (unpaired) electrons. The van der Waals surface area contributed by atoms with E-state index in [-0.39, 0.29) is 12.3 Å². The predicted molar refractivity (Wildman–Crippen MR) is 146 cm³/mol. The van der Waals surface area contributed by atoms with Crippen LogP contribution in [0.25, 0.3) is 0 Å². The van der Waals surface area contributed by atoms with E-state index in [0.29, 0.717) is 24.2 Å². The molecule has 0 bridgehead atoms. The molecule has 0 aliphatic carbocycles. The predicted octanol–water partition coefficient (Wildman–Crippen LogP) is 7.83. The van der Waals surface area contributed by atoms with Gasteiger partial charge < -0.3 is 9.84 Å². The van der Waals surface area contributed by atoms with Crippen molar-refractivity contribution in [3.8, 4) is 5.75 Å². The number of aromatic hydroxyl groups is 1. The van der Waals surface area contributed by atoms with Crippen molar-refractivity contribution in [1.82, 2.24) is 5.06 Å². The Morgan fingerprint density at radius 2 is 1.83 bits per heavy atom. The number of rotatable bonds is 5. The number of carbonyl (C=O) groups is 1. The highest BCUT2D eigenvalue weighted by atomic mass is 16.7. The molecule has 5 heteroatoms. The minimum Gasteiger partial charge on any atom is -0.508 e. The van der Waals surface area contributed by atoms with Crippen LogP contribution in [0.4, 0.5) is 0 Å². The summed E-state index contributed by atoms with van der Waals surface area (Å²) in [7, 11) is 0. The molecule has 0 spiro atoms. The Morgan fingerprint density at radius 3 is 2.56 bits per heavy atom. The molecule has 0 unspecified atom stereocenters. The summed E-state index contributed by atoms with van der Waals surface area (Å²) in [4.78, 5) is 19.3. The second kappa shape index (κ2) is 16.2. The molecular formula is C31H39NO4. The van der Waals surface area contributed by atoms with Crippen molar-refractivity contribution < 1.29 is 19.5 Å². The summed E-state index contributed by atoms with van der Waals surface area (Å²) in [5.41, 5.74) is 3.02. The van der Waals surface area contributed by atoms with E-state index in [1.165, 1.54) is 6.07 Å². The number of esters is 1. The topological polar surface area (TPSA) is 59.0 Å². The fourth-order valence-corrected chi connectivity index (χ4v) is 3.65. The van der Waals surface area contributed by atoms with Gasteiger partial charge in [0.15, 0.2) is 0 Å². The fraction of sp³-hybridized carbons (Fsp3) is 0.323. The highest BCUT2D eigenvalue weighted by Crippen LogP contribution is 2.26. The summed E-state index contributed by atoms with van der Waals surface area (Å²) >= 11 is 0. The summed E-state index contributed by atoms with van der Waals surface area (Å²) in [6.07, 6.45) is 16.0. The standard InChI is InChI=1S/C29H33NO4.C2H6/c1-3-13-23(4-2)22-33-30-19-12-7-5-6-11-16-28(24-14-9-8-10-15-24)34-29(32)27-18-17-26(31)20-25(27)21-30;1-2/h3-4,6,8-15,17-20,28,31H,5,7,16,21-22H2,1-2H3;1-2H3/b11-6+,13-3-,19-12+,23-4+;/t28-;/m0./s1. The molecule has 192 valence electrons. The minimum absolute atomic E-state index is 0.0854. The number of hydrogen-bond donors (Lipinski definition) is 1. The number of ether oxygens (including phenoxy) is 1. The Balaban J connectivity index is 0.00000222. The van der Waals surface area contributed by atoms with Crippen molar-refractivity contribution in [3.63, 3.8) is 0 Å². The van der Waals surface area contributed by atoms with Crippen LogP contribution < -0.4 is 0 Å². The van der Waals surface area contributed by atoms with Crippen LogP contribution in [-0.2, 0) is 16.1 Å². The van der Waals surface area contributed by atoms with E-state index in [9.17, 15) is 9.90 Å². The van der Waals surface area contributed by atoms with Crippen molar-refractivity contribution >= 4 is 5.97 Å². The van der Waals surface area contributed by atoms with Crippen molar-refractivity contribution in [2.24, 2.45) is 0 Å². The van der Waals surface area contributed by atoms with Crippen LogP contribution in [0.15, 0.2) is 96.8 Å². The van der Waals surface area contributed by atoms with Crippen LogP contribution in [0.1, 0.15) is 74.5 Å². The SMILES string of the molecule is C/C=C\C(=C/C)CON1/C=C/CC/C=C/C[C@@H](c2ccccc2)OC(=O)c2ccc(O)cc2C1.CC. The Bertz CT molecular complexity index is 1050. The second-order valence-corrected chi connectivity index (χ2v) is 8.03. The summed E-state index contributed by atoms with van der Waals surface area (Å²) in [5.74, 6) is -0.344. The first-order chi connectivity index (χ1) is 17.6. The fourth-order valence-electron chi connectivity index (χ4n) is 3.65. The van der Waals surface area contributed by atoms with Gasteiger partial charge in [-0.3, -0.25) is 9.90 Å². The van der Waals surface area contributed by atoms with Crippen LogP contribution in [0.2, 0.25) is 0 Å². The van der Waals surface area contributed by atoms with Gasteiger partial charge in [-0.05, 0) is 61.6 Å². The van der Waals surface area contributed by atoms with Gasteiger partial charge in [0, 0.05) is 12.6 Å². The molecule has 1 heterocycles. The lowest BCUT2D eigenvalue weighted by molar-refractivity contribution is -0.117. The van der Waals surface area contributed by atoms with E-state index in [4.69, 9.17) is 9.57 Å². The number of hydroxylamine groups is 2. The molecule has 5 nitrogen and oxygen atoms in total. The Kier molecular flexibility index (Phi) is 12.9. The van der Waals surface area contributed by atoms with Gasteiger partial charge in [0.05, 0.1) is 18.7 Å². The molecule has 2 aromatic rings. The van der Waals surface area contributed by atoms with Crippen molar-refractivity contribution in [3.05, 3.63) is 113 Å². The second-order valence-electron chi connectivity index (χ2n) is 8.03. The number of allylic oxidation sites excluding steroid dienone is 4. The summed E-state index contributed by atoms with van der Waals surface area (Å²) in [6.45, 7) is 8.61. The third-order valence-electron chi connectivity index (χ3n) is 5.49. The van der Waals surface area contributed by atoms with Gasteiger partial charge in [-0.15, -0.1) is 0 Å². The van der Waals surface area contributed by atoms with Crippen molar-refractivity contribution in [2.45, 2.75) is 59.6 Å². The largest absolute Gasteiger partial charge is 0.508 e. The number of phenolic OH excluding ortho intramolecular Hbond substituents is 1. The quantitative estimate of drug-likeness (QED) is 0.263. The molecule has 1 N–H and O–H groups in total. The molecule has 0 saturated carbocycles. The van der Waals surface area contributed by atoms with E-state index in [1.807, 2.05) is 82.5 Å². The minimum atomic E-state index is -0.429. The Labute approximate surface area is 216 Å². The zero-order valence-electron chi connectivity index (χ0n) is 21.9. The molecule has 2 aromatic carbocycles. The zero-order valence-corrected chi connectivity index (χ0v) is 21.9. The molecule has 0 fully saturated rings. The molecule has 0 amide bonds. The van der Waals surface area contributed by atoms with Gasteiger partial charge in [0.2, 0.25) is 0 Å². The number of benzene rings is 2. The van der Waals surface area contributed by atoms with Gasteiger partial charge >= 0.3 is 5.97 Å². The van der Waals surface area contributed by atoms with E-state index in [2.05, 4.69) is 18.2 Å². The highest BCUT2D eigenvalue weighted by molar-refractivity contribution is 5.91. The first-order valence-corrected chi connectivity index (χ1v) is 12.7. The van der Waals surface area contributed by atoms with Crippen molar-refractivity contribution in [1.29, 1.82) is 0 Å². The molecular weight excluding hydrogens is 450 g/mol. The number of hydrogen-bond acceptors (Lipinski definition) is 5. The van der Waals surface area contributed by atoms with E-state index >= 15 is 0 Å². The van der Waals surface area contributed by atoms with Gasteiger partial charge in [-0.1, -0.05) is 80.6 Å². The maximum Gasteiger partial charge on any atom is 0.339 e. The third kappa shape index (κ3) is 9.23. The van der Waals surface area contributed by atoms with Crippen molar-refractivity contribution in [2.75, 3.05) is 6.61 Å². The molecule has 1 aliphatic heterocycles. The number of fused-ring (bicyclic) bond motifs is 1. The zero-order chi connectivity index (χ0) is 26.2. The molecule has 3 rings (SSSR count). The molecule has 1 atom stereocenters. The first kappa shape index (κ1) is 28.7. The van der Waals surface area contributed by atoms with Crippen LogP contribution in [0.3, 0.4) is 0 Å². The van der Waals surface area contributed by atoms with E-state index < -0.39 is 12.1 Å². The van der Waals surface area contributed by atoms with Gasteiger partial charge in [-0.25, -0.2) is 4.79 Å². The van der Waals surface area contributed by atoms with Crippen LogP contribution in [0, 0.1) is 0 Å². The number of nitrogens with zero attached hydrogens (tertiary/aromatic N) is 1. The molecule has 0 aromatic heterocycles. The number of cyclic esters (lactones) is 1.